The number of thiazole rings is 1. The van der Waals surface area contributed by atoms with Crippen LogP contribution in [0.5, 0.6) is 11.5 Å². The lowest BCUT2D eigenvalue weighted by Gasteiger charge is -1.99. The van der Waals surface area contributed by atoms with Crippen molar-refractivity contribution in [1.29, 1.82) is 0 Å². The number of fused-ring (bicyclic) bond motifs is 3. The minimum atomic E-state index is 0.246. The molecule has 0 aliphatic rings. The van der Waals surface area contributed by atoms with Crippen LogP contribution in [-0.2, 0) is 0 Å². The number of methoxy groups -OCH3 is 1. The van der Waals surface area contributed by atoms with Gasteiger partial charge >= 0.3 is 0 Å². The highest BCUT2D eigenvalue weighted by Crippen LogP contribution is 2.32. The molecule has 4 nitrogen and oxygen atoms in total. The number of aromatic hydroxyl groups is 1. The van der Waals surface area contributed by atoms with Crippen LogP contribution < -0.4 is 4.74 Å². The number of ether oxygens (including phenoxy) is 1. The predicted molar refractivity (Wildman–Crippen MR) is 84.2 cm³/mol. The van der Waals surface area contributed by atoms with Gasteiger partial charge in [0.2, 0.25) is 0 Å². The molecule has 1 N–H and O–H groups in total. The van der Waals surface area contributed by atoms with Crippen molar-refractivity contribution in [3.8, 4) is 22.8 Å². The number of aromatic nitrogens is 2. The van der Waals surface area contributed by atoms with Gasteiger partial charge in [-0.1, -0.05) is 23.5 Å². The molecule has 0 radical (unpaired) electrons. The van der Waals surface area contributed by atoms with Gasteiger partial charge in [0, 0.05) is 17.8 Å². The summed E-state index contributed by atoms with van der Waals surface area (Å²) in [4.78, 5) is 5.57. The Balaban J connectivity index is 1.94. The fourth-order valence-corrected chi connectivity index (χ4v) is 3.40. The van der Waals surface area contributed by atoms with Crippen LogP contribution in [0, 0.1) is 0 Å². The first kappa shape index (κ1) is 12.2. The second-order valence-electron chi connectivity index (χ2n) is 4.76. The first-order valence-electron chi connectivity index (χ1n) is 6.49. The fraction of sp³-hybridized carbons (Fsp3) is 0.0625. The Labute approximate surface area is 124 Å². The summed E-state index contributed by atoms with van der Waals surface area (Å²) >= 11 is 1.63. The number of phenols is 1. The van der Waals surface area contributed by atoms with Crippen molar-refractivity contribution in [3.05, 3.63) is 48.7 Å². The molecule has 0 aliphatic carbocycles. The molecule has 0 atom stereocenters. The van der Waals surface area contributed by atoms with Crippen molar-refractivity contribution in [2.24, 2.45) is 0 Å². The van der Waals surface area contributed by atoms with E-state index in [1.165, 1.54) is 4.70 Å². The number of nitrogens with zero attached hydrogens (tertiary/aromatic N) is 2. The second kappa shape index (κ2) is 4.49. The van der Waals surface area contributed by atoms with Crippen molar-refractivity contribution in [3.63, 3.8) is 0 Å². The summed E-state index contributed by atoms with van der Waals surface area (Å²) in [6.45, 7) is 0. The van der Waals surface area contributed by atoms with Gasteiger partial charge in [0.1, 0.15) is 11.5 Å². The van der Waals surface area contributed by atoms with Gasteiger partial charge in [-0.2, -0.15) is 0 Å². The van der Waals surface area contributed by atoms with Crippen molar-refractivity contribution >= 4 is 26.5 Å². The van der Waals surface area contributed by atoms with Crippen molar-refractivity contribution in [2.75, 3.05) is 7.11 Å². The zero-order valence-electron chi connectivity index (χ0n) is 11.3. The van der Waals surface area contributed by atoms with Crippen molar-refractivity contribution in [1.82, 2.24) is 9.38 Å². The smallest absolute Gasteiger partial charge is 0.195 e. The molecule has 0 aliphatic heterocycles. The molecule has 5 heteroatoms. The minimum Gasteiger partial charge on any atom is -0.508 e. The van der Waals surface area contributed by atoms with E-state index >= 15 is 0 Å². The van der Waals surface area contributed by atoms with Gasteiger partial charge in [-0.25, -0.2) is 4.98 Å². The van der Waals surface area contributed by atoms with Gasteiger partial charge in [-0.05, 0) is 24.3 Å². The first-order chi connectivity index (χ1) is 10.2. The van der Waals surface area contributed by atoms with Crippen LogP contribution in [0.4, 0.5) is 0 Å². The quantitative estimate of drug-likeness (QED) is 0.609. The van der Waals surface area contributed by atoms with Crippen LogP contribution in [-0.4, -0.2) is 21.6 Å². The molecule has 2 aromatic heterocycles. The number of phenolic OH excluding ortho intramolecular Hbond substituents is 1. The lowest BCUT2D eigenvalue weighted by Crippen LogP contribution is -1.83. The van der Waals surface area contributed by atoms with Gasteiger partial charge in [0.15, 0.2) is 4.96 Å². The summed E-state index contributed by atoms with van der Waals surface area (Å²) in [7, 11) is 1.66. The van der Waals surface area contributed by atoms with E-state index in [0.717, 1.165) is 27.5 Å². The standard InChI is InChI=1S/C16H12N2O2S/c1-20-12-5-6-15-14(8-12)18-9-13(17-16(18)21-15)10-3-2-4-11(19)7-10/h2-9,19H,1H3. The highest BCUT2D eigenvalue weighted by molar-refractivity contribution is 7.23. The van der Waals surface area contributed by atoms with Crippen LogP contribution in [0.3, 0.4) is 0 Å². The Morgan fingerprint density at radius 3 is 2.90 bits per heavy atom. The largest absolute Gasteiger partial charge is 0.508 e. The zero-order chi connectivity index (χ0) is 14.4. The van der Waals surface area contributed by atoms with Crippen molar-refractivity contribution < 1.29 is 9.84 Å². The molecule has 2 aromatic carbocycles. The topological polar surface area (TPSA) is 46.8 Å². The summed E-state index contributed by atoms with van der Waals surface area (Å²) in [5.41, 5.74) is 2.83. The Bertz CT molecular complexity index is 955. The molecule has 0 saturated carbocycles. The van der Waals surface area contributed by atoms with Crippen LogP contribution in [0.15, 0.2) is 48.7 Å². The maximum Gasteiger partial charge on any atom is 0.195 e. The molecule has 0 unspecified atom stereocenters. The third-order valence-corrected chi connectivity index (χ3v) is 4.48. The van der Waals surface area contributed by atoms with E-state index < -0.39 is 0 Å². The number of rotatable bonds is 2. The number of benzene rings is 2. The predicted octanol–water partition coefficient (Wildman–Crippen LogP) is 3.93. The van der Waals surface area contributed by atoms with E-state index in [0.29, 0.717) is 0 Å². The van der Waals surface area contributed by atoms with Crippen LogP contribution in [0.1, 0.15) is 0 Å². The molecule has 104 valence electrons. The number of hydrogen-bond acceptors (Lipinski definition) is 4. The van der Waals surface area contributed by atoms with Crippen LogP contribution >= 0.6 is 11.3 Å². The van der Waals surface area contributed by atoms with Gasteiger partial charge in [-0.15, -0.1) is 0 Å². The summed E-state index contributed by atoms with van der Waals surface area (Å²) in [6.07, 6.45) is 1.99. The highest BCUT2D eigenvalue weighted by Gasteiger charge is 2.11. The molecular weight excluding hydrogens is 284 g/mol. The molecule has 0 fully saturated rings. The van der Waals surface area contributed by atoms with E-state index in [9.17, 15) is 5.11 Å². The third-order valence-electron chi connectivity index (χ3n) is 3.44. The molecule has 2 heterocycles. The van der Waals surface area contributed by atoms with Gasteiger partial charge in [0.25, 0.3) is 0 Å². The normalized spacial score (nSPS) is 11.3. The number of hydrogen-bond donors (Lipinski definition) is 1. The molecule has 0 bridgehead atoms. The van der Waals surface area contributed by atoms with E-state index in [-0.39, 0.29) is 5.75 Å². The molecule has 4 aromatic rings. The molecule has 4 rings (SSSR count). The van der Waals surface area contributed by atoms with Gasteiger partial charge in [0.05, 0.1) is 23.0 Å². The fourth-order valence-electron chi connectivity index (χ4n) is 2.41. The molecule has 0 amide bonds. The maximum absolute atomic E-state index is 9.59. The van der Waals surface area contributed by atoms with E-state index in [2.05, 4.69) is 9.38 Å². The van der Waals surface area contributed by atoms with E-state index in [1.54, 1.807) is 30.6 Å². The Morgan fingerprint density at radius 2 is 2.10 bits per heavy atom. The lowest BCUT2D eigenvalue weighted by atomic mass is 10.1. The Hall–Kier alpha value is -2.53. The zero-order valence-corrected chi connectivity index (χ0v) is 12.1. The number of imidazole rings is 1. The highest BCUT2D eigenvalue weighted by atomic mass is 32.1. The van der Waals surface area contributed by atoms with E-state index in [4.69, 9.17) is 4.74 Å². The monoisotopic (exact) mass is 296 g/mol. The minimum absolute atomic E-state index is 0.246. The van der Waals surface area contributed by atoms with Gasteiger partial charge < -0.3 is 9.84 Å². The molecule has 0 spiro atoms. The average molecular weight is 296 g/mol. The molecular formula is C16H12N2O2S. The van der Waals surface area contributed by atoms with Crippen LogP contribution in [0.25, 0.3) is 26.4 Å². The molecule has 21 heavy (non-hydrogen) atoms. The summed E-state index contributed by atoms with van der Waals surface area (Å²) in [5.74, 6) is 1.07. The van der Waals surface area contributed by atoms with Crippen LogP contribution in [0.2, 0.25) is 0 Å². The maximum atomic E-state index is 9.59. The Morgan fingerprint density at radius 1 is 1.19 bits per heavy atom. The van der Waals surface area contributed by atoms with Crippen molar-refractivity contribution in [2.45, 2.75) is 0 Å². The second-order valence-corrected chi connectivity index (χ2v) is 5.77. The average Bonchev–Trinajstić information content (AvgIpc) is 3.04. The summed E-state index contributed by atoms with van der Waals surface area (Å²) in [5, 5.41) is 9.59. The summed E-state index contributed by atoms with van der Waals surface area (Å²) < 4.78 is 8.51. The lowest BCUT2D eigenvalue weighted by molar-refractivity contribution is 0.415. The van der Waals surface area contributed by atoms with E-state index in [1.807, 2.05) is 36.5 Å². The molecule has 0 saturated heterocycles. The summed E-state index contributed by atoms with van der Waals surface area (Å²) in [6, 6.07) is 13.1. The third kappa shape index (κ3) is 1.94. The SMILES string of the molecule is COc1ccc2sc3nc(-c4cccc(O)c4)cn3c2c1. The Kier molecular flexibility index (Phi) is 2.62. The van der Waals surface area contributed by atoms with Gasteiger partial charge in [-0.3, -0.25) is 4.40 Å². The first-order valence-corrected chi connectivity index (χ1v) is 7.31.